The van der Waals surface area contributed by atoms with Crippen LogP contribution in [0.2, 0.25) is 0 Å². The van der Waals surface area contributed by atoms with Gasteiger partial charge in [-0.15, -0.1) is 0 Å². The van der Waals surface area contributed by atoms with E-state index in [9.17, 15) is 4.39 Å². The maximum Gasteiger partial charge on any atom is 0.319 e. The molecule has 4 atom stereocenters. The molecule has 218 valence electrons. The maximum atomic E-state index is 14.5. The Labute approximate surface area is 247 Å². The van der Waals surface area contributed by atoms with Gasteiger partial charge in [-0.1, -0.05) is 49.4 Å². The van der Waals surface area contributed by atoms with E-state index < -0.39 is 6.17 Å². The fourth-order valence-electron chi connectivity index (χ4n) is 8.45. The van der Waals surface area contributed by atoms with Gasteiger partial charge in [0.1, 0.15) is 18.6 Å². The number of aryl methyl sites for hydroxylation is 2. The van der Waals surface area contributed by atoms with E-state index in [-0.39, 0.29) is 5.54 Å². The molecule has 1 N–H and O–H groups in total. The second kappa shape index (κ2) is 10.2. The van der Waals surface area contributed by atoms with Crippen LogP contribution >= 0.6 is 0 Å². The zero-order valence-electron chi connectivity index (χ0n) is 24.7. The van der Waals surface area contributed by atoms with Crippen molar-refractivity contribution in [3.8, 4) is 17.1 Å². The van der Waals surface area contributed by atoms with Crippen LogP contribution in [0.5, 0.6) is 6.01 Å². The lowest BCUT2D eigenvalue weighted by atomic mass is 9.90. The number of halogens is 1. The van der Waals surface area contributed by atoms with Crippen LogP contribution in [0.3, 0.4) is 0 Å². The number of anilines is 1. The summed E-state index contributed by atoms with van der Waals surface area (Å²) in [6.07, 6.45) is 5.22. The predicted octanol–water partition coefficient (Wildman–Crippen LogP) is 6.22. The number of benzene rings is 3. The molecule has 4 fully saturated rings. The summed E-state index contributed by atoms with van der Waals surface area (Å²) < 4.78 is 21.0. The number of ether oxygens (including phenoxy) is 1. The number of nitrogens with one attached hydrogen (secondary N) is 1. The normalized spacial score (nSPS) is 27.3. The average Bonchev–Trinajstić information content (AvgIpc) is 3.65. The first-order valence-corrected chi connectivity index (χ1v) is 15.9. The Hall–Kier alpha value is -3.29. The number of hydrogen-bond donors (Lipinski definition) is 1. The zero-order chi connectivity index (χ0) is 28.4. The molecule has 7 heteroatoms. The van der Waals surface area contributed by atoms with E-state index in [4.69, 9.17) is 14.7 Å². The van der Waals surface area contributed by atoms with Crippen molar-refractivity contribution in [3.05, 3.63) is 59.7 Å². The van der Waals surface area contributed by atoms with Crippen LogP contribution in [0.15, 0.2) is 48.5 Å². The van der Waals surface area contributed by atoms with Crippen LogP contribution < -0.4 is 15.0 Å². The topological polar surface area (TPSA) is 53.5 Å². The van der Waals surface area contributed by atoms with Gasteiger partial charge < -0.3 is 15.0 Å². The lowest BCUT2D eigenvalue weighted by Gasteiger charge is -2.35. The van der Waals surface area contributed by atoms with Gasteiger partial charge in [-0.2, -0.15) is 9.97 Å². The fourth-order valence-corrected chi connectivity index (χ4v) is 8.45. The van der Waals surface area contributed by atoms with Crippen LogP contribution in [-0.2, 0) is 6.42 Å². The fraction of sp³-hybridized carbons (Fsp3) is 0.486. The first kappa shape index (κ1) is 26.3. The molecular formula is C35H40FN5O. The summed E-state index contributed by atoms with van der Waals surface area (Å²) in [7, 11) is 0. The molecule has 0 spiro atoms. The van der Waals surface area contributed by atoms with Crippen molar-refractivity contribution >= 4 is 27.5 Å². The summed E-state index contributed by atoms with van der Waals surface area (Å²) in [6, 6.07) is 19.1. The van der Waals surface area contributed by atoms with E-state index in [0.29, 0.717) is 37.7 Å². The summed E-state index contributed by atoms with van der Waals surface area (Å²) in [5, 5.41) is 7.41. The Morgan fingerprint density at radius 2 is 1.81 bits per heavy atom. The molecule has 2 bridgehead atoms. The third kappa shape index (κ3) is 4.27. The number of aromatic nitrogens is 2. The molecular weight excluding hydrogens is 525 g/mol. The number of rotatable bonds is 6. The van der Waals surface area contributed by atoms with Crippen molar-refractivity contribution in [1.82, 2.24) is 20.2 Å². The monoisotopic (exact) mass is 565 g/mol. The second-order valence-corrected chi connectivity index (χ2v) is 13.0. The highest BCUT2D eigenvalue weighted by molar-refractivity contribution is 6.03. The van der Waals surface area contributed by atoms with Gasteiger partial charge in [0.05, 0.1) is 11.1 Å². The second-order valence-electron chi connectivity index (χ2n) is 13.0. The molecule has 0 aliphatic carbocycles. The van der Waals surface area contributed by atoms with E-state index in [1.165, 1.54) is 40.3 Å². The third-order valence-corrected chi connectivity index (χ3v) is 10.5. The van der Waals surface area contributed by atoms with Crippen LogP contribution in [0, 0.1) is 6.92 Å². The molecule has 8 rings (SSSR count). The van der Waals surface area contributed by atoms with Crippen molar-refractivity contribution in [2.45, 2.75) is 76.2 Å². The van der Waals surface area contributed by atoms with Gasteiger partial charge in [-0.3, -0.25) is 4.90 Å². The van der Waals surface area contributed by atoms with Gasteiger partial charge in [-0.25, -0.2) is 4.39 Å². The lowest BCUT2D eigenvalue weighted by molar-refractivity contribution is 0.107. The Kier molecular flexibility index (Phi) is 6.38. The van der Waals surface area contributed by atoms with E-state index in [2.05, 4.69) is 77.5 Å². The highest BCUT2D eigenvalue weighted by Gasteiger charge is 2.49. The van der Waals surface area contributed by atoms with Crippen LogP contribution in [0.25, 0.3) is 32.8 Å². The molecule has 5 heterocycles. The number of piperazine rings is 1. The quantitative estimate of drug-likeness (QED) is 0.300. The van der Waals surface area contributed by atoms with Gasteiger partial charge in [-0.05, 0) is 84.7 Å². The molecule has 4 aromatic rings. The summed E-state index contributed by atoms with van der Waals surface area (Å²) in [4.78, 5) is 14.9. The maximum absolute atomic E-state index is 14.5. The average molecular weight is 566 g/mol. The summed E-state index contributed by atoms with van der Waals surface area (Å²) in [6.45, 7) is 8.19. The third-order valence-electron chi connectivity index (χ3n) is 10.5. The number of fused-ring (bicyclic) bond motifs is 5. The smallest absolute Gasteiger partial charge is 0.319 e. The van der Waals surface area contributed by atoms with Crippen molar-refractivity contribution in [2.24, 2.45) is 0 Å². The van der Waals surface area contributed by atoms with Gasteiger partial charge >= 0.3 is 6.01 Å². The Morgan fingerprint density at radius 1 is 1.00 bits per heavy atom. The summed E-state index contributed by atoms with van der Waals surface area (Å²) in [5.74, 6) is 0.964. The highest BCUT2D eigenvalue weighted by Crippen LogP contribution is 2.42. The van der Waals surface area contributed by atoms with Crippen LogP contribution in [0.4, 0.5) is 10.2 Å². The first-order chi connectivity index (χ1) is 20.5. The van der Waals surface area contributed by atoms with Gasteiger partial charge in [0.25, 0.3) is 0 Å². The minimum Gasteiger partial charge on any atom is -0.461 e. The SMILES string of the molecule is CCc1cccc2cccc(-c3ccc4c(N5C[C@H]6CC[C@@H](C5)N6)nc(OC[C@@]56CCCN5C[C@H](F)C6)nc4c3C)c12. The van der Waals surface area contributed by atoms with E-state index >= 15 is 0 Å². The van der Waals surface area contributed by atoms with E-state index in [1.807, 2.05) is 0 Å². The molecule has 4 saturated heterocycles. The molecule has 42 heavy (non-hydrogen) atoms. The predicted molar refractivity (Wildman–Crippen MR) is 167 cm³/mol. The number of hydrogen-bond acceptors (Lipinski definition) is 6. The lowest BCUT2D eigenvalue weighted by Crippen LogP contribution is -2.51. The largest absolute Gasteiger partial charge is 0.461 e. The zero-order valence-corrected chi connectivity index (χ0v) is 24.7. The number of nitrogens with zero attached hydrogens (tertiary/aromatic N) is 4. The molecule has 1 aromatic heterocycles. The molecule has 0 radical (unpaired) electrons. The van der Waals surface area contributed by atoms with Gasteiger partial charge in [0.2, 0.25) is 0 Å². The van der Waals surface area contributed by atoms with Crippen LogP contribution in [-0.4, -0.2) is 71.4 Å². The summed E-state index contributed by atoms with van der Waals surface area (Å²) >= 11 is 0. The van der Waals surface area contributed by atoms with Gasteiger partial charge in [0.15, 0.2) is 0 Å². The molecule has 0 amide bonds. The van der Waals surface area contributed by atoms with Crippen molar-refractivity contribution in [3.63, 3.8) is 0 Å². The highest BCUT2D eigenvalue weighted by atomic mass is 19.1. The van der Waals surface area contributed by atoms with Crippen molar-refractivity contribution < 1.29 is 9.13 Å². The Balaban J connectivity index is 1.25. The minimum absolute atomic E-state index is 0.234. The van der Waals surface area contributed by atoms with E-state index in [1.54, 1.807) is 0 Å². The Bertz CT molecular complexity index is 1660. The number of alkyl halides is 1. The molecule has 0 saturated carbocycles. The molecule has 4 aliphatic rings. The van der Waals surface area contributed by atoms with Crippen molar-refractivity contribution in [2.75, 3.05) is 37.7 Å². The Morgan fingerprint density at radius 3 is 2.62 bits per heavy atom. The van der Waals surface area contributed by atoms with E-state index in [0.717, 1.165) is 61.2 Å². The molecule has 0 unspecified atom stereocenters. The van der Waals surface area contributed by atoms with Crippen LogP contribution in [0.1, 0.15) is 50.2 Å². The molecule has 6 nitrogen and oxygen atoms in total. The summed E-state index contributed by atoms with van der Waals surface area (Å²) in [5.41, 5.74) is 5.65. The van der Waals surface area contributed by atoms with Crippen molar-refractivity contribution in [1.29, 1.82) is 0 Å². The van der Waals surface area contributed by atoms with Gasteiger partial charge in [0, 0.05) is 43.5 Å². The minimum atomic E-state index is -0.781. The molecule has 4 aliphatic heterocycles. The standard InChI is InChI=1S/C35H40FN5O/c1-3-23-7-4-8-24-9-5-10-29(31(23)24)28-13-14-30-32(22(28)2)38-34(39-33(30)40-19-26-11-12-27(20-40)37-26)42-21-35-15-6-16-41(35)18-25(36)17-35/h4-5,7-10,13-14,25-27,37H,3,6,11-12,15-21H2,1-2H3/t25-,26-,27+,35+/m1/s1. The first-order valence-electron chi connectivity index (χ1n) is 15.9. The molecule has 3 aromatic carbocycles.